The molecule has 0 heterocycles. The Kier molecular flexibility index (Phi) is 37.9. The fraction of sp³-hybridized carbons (Fsp3) is 0.935. The van der Waals surface area contributed by atoms with Crippen LogP contribution >= 0.6 is 0 Å². The van der Waals surface area contributed by atoms with E-state index in [1.165, 1.54) is 135 Å². The Bertz CT molecular complexity index is 796. The molecule has 6 nitrogen and oxygen atoms in total. The monoisotopic (exact) mass is 737 g/mol. The summed E-state index contributed by atoms with van der Waals surface area (Å²) in [6.45, 7) is 11.3. The number of hydrogen-bond donors (Lipinski definition) is 0. The zero-order valence-corrected chi connectivity index (χ0v) is 35.4. The zero-order chi connectivity index (χ0) is 38.3. The van der Waals surface area contributed by atoms with Crippen molar-refractivity contribution in [1.82, 2.24) is 0 Å². The summed E-state index contributed by atoms with van der Waals surface area (Å²) in [7, 11) is 0. The molecule has 0 aromatic carbocycles. The maximum atomic E-state index is 12.7. The van der Waals surface area contributed by atoms with Crippen LogP contribution in [0.2, 0.25) is 0 Å². The van der Waals surface area contributed by atoms with Crippen molar-refractivity contribution in [1.29, 1.82) is 0 Å². The summed E-state index contributed by atoms with van der Waals surface area (Å²) in [5.74, 6) is 0.822. The van der Waals surface area contributed by atoms with Crippen LogP contribution in [0.25, 0.3) is 0 Å². The summed E-state index contributed by atoms with van der Waals surface area (Å²) < 4.78 is 16.7. The number of ether oxygens (including phenoxy) is 3. The summed E-state index contributed by atoms with van der Waals surface area (Å²) in [4.78, 5) is 37.6. The maximum absolute atomic E-state index is 12.7. The third-order valence-electron chi connectivity index (χ3n) is 10.6. The van der Waals surface area contributed by atoms with E-state index < -0.39 is 6.10 Å². The Labute approximate surface area is 323 Å². The predicted molar refractivity (Wildman–Crippen MR) is 220 cm³/mol. The second-order valence-electron chi connectivity index (χ2n) is 16.4. The molecule has 308 valence electrons. The van der Waals surface area contributed by atoms with Crippen LogP contribution in [0.4, 0.5) is 0 Å². The molecule has 6 heteroatoms. The summed E-state index contributed by atoms with van der Waals surface area (Å²) in [5, 5.41) is 0. The largest absolute Gasteiger partial charge is 0.462 e. The quantitative estimate of drug-likeness (QED) is 0.0354. The Morgan fingerprint density at radius 1 is 0.404 bits per heavy atom. The first-order valence-corrected chi connectivity index (χ1v) is 22.8. The van der Waals surface area contributed by atoms with Gasteiger partial charge in [-0.15, -0.1) is 0 Å². The van der Waals surface area contributed by atoms with Crippen molar-refractivity contribution in [2.24, 2.45) is 11.8 Å². The normalized spacial score (nSPS) is 12.6. The van der Waals surface area contributed by atoms with Crippen LogP contribution in [0.3, 0.4) is 0 Å². The van der Waals surface area contributed by atoms with E-state index >= 15 is 0 Å². The number of hydrogen-bond acceptors (Lipinski definition) is 6. The molecule has 2 atom stereocenters. The average molecular weight is 737 g/mol. The fourth-order valence-corrected chi connectivity index (χ4v) is 6.72. The molecule has 0 fully saturated rings. The summed E-state index contributed by atoms with van der Waals surface area (Å²) in [6, 6.07) is 0. The molecule has 0 saturated carbocycles. The van der Waals surface area contributed by atoms with Crippen molar-refractivity contribution < 1.29 is 28.6 Å². The molecule has 0 aromatic rings. The van der Waals surface area contributed by atoms with Crippen LogP contribution in [-0.4, -0.2) is 37.2 Å². The van der Waals surface area contributed by atoms with Crippen LogP contribution in [0.15, 0.2) is 0 Å². The highest BCUT2D eigenvalue weighted by Gasteiger charge is 2.19. The number of esters is 3. The number of carbonyl (C=O) groups is 3. The van der Waals surface area contributed by atoms with Crippen LogP contribution in [0.5, 0.6) is 0 Å². The van der Waals surface area contributed by atoms with Gasteiger partial charge >= 0.3 is 17.9 Å². The van der Waals surface area contributed by atoms with Crippen LogP contribution < -0.4 is 0 Å². The Morgan fingerprint density at radius 3 is 1.10 bits per heavy atom. The third kappa shape index (κ3) is 38.1. The van der Waals surface area contributed by atoms with Crippen molar-refractivity contribution in [3.05, 3.63) is 0 Å². The summed E-state index contributed by atoms with van der Waals surface area (Å²) in [6.07, 6.45) is 36.6. The van der Waals surface area contributed by atoms with Crippen molar-refractivity contribution in [3.63, 3.8) is 0 Å². The molecular formula is C46H88O6. The molecule has 0 rings (SSSR count). The summed E-state index contributed by atoms with van der Waals surface area (Å²) >= 11 is 0. The molecule has 0 aliphatic heterocycles. The van der Waals surface area contributed by atoms with Gasteiger partial charge in [-0.1, -0.05) is 208 Å². The standard InChI is InChI=1S/C46H88O6/c1-6-8-9-10-19-26-31-36-44(47)50-39-43(52-46(49)38-33-28-23-18-13-11-15-20-24-29-34-41(3)4)40-51-45(48)37-32-27-22-17-14-12-16-21-25-30-35-42(5)7-2/h41-43H,6-40H2,1-5H3/t42?,43-/m1/s1. The second kappa shape index (κ2) is 39.1. The van der Waals surface area contributed by atoms with E-state index in [0.717, 1.165) is 69.6 Å². The smallest absolute Gasteiger partial charge is 0.306 e. The van der Waals surface area contributed by atoms with Crippen molar-refractivity contribution >= 4 is 17.9 Å². The Morgan fingerprint density at radius 2 is 0.731 bits per heavy atom. The van der Waals surface area contributed by atoms with E-state index in [1.807, 2.05) is 0 Å². The lowest BCUT2D eigenvalue weighted by atomic mass is 9.99. The maximum Gasteiger partial charge on any atom is 0.306 e. The predicted octanol–water partition coefficient (Wildman–Crippen LogP) is 14.2. The van der Waals surface area contributed by atoms with E-state index in [0.29, 0.717) is 19.3 Å². The fourth-order valence-electron chi connectivity index (χ4n) is 6.72. The molecule has 0 aromatic heterocycles. The highest BCUT2D eigenvalue weighted by atomic mass is 16.6. The van der Waals surface area contributed by atoms with Gasteiger partial charge in [-0.25, -0.2) is 0 Å². The Hall–Kier alpha value is -1.59. The van der Waals surface area contributed by atoms with Gasteiger partial charge in [0.05, 0.1) is 0 Å². The van der Waals surface area contributed by atoms with E-state index in [1.54, 1.807) is 0 Å². The molecule has 1 unspecified atom stereocenters. The van der Waals surface area contributed by atoms with Crippen LogP contribution in [-0.2, 0) is 28.6 Å². The second-order valence-corrected chi connectivity index (χ2v) is 16.4. The number of carbonyl (C=O) groups excluding carboxylic acids is 3. The SMILES string of the molecule is CCCCCCCCCC(=O)OC[C@H](COC(=O)CCCCCCCCCCCCC(C)CC)OC(=O)CCCCCCCCCCCCC(C)C. The molecule has 0 N–H and O–H groups in total. The zero-order valence-electron chi connectivity index (χ0n) is 35.4. The minimum absolute atomic E-state index is 0.0654. The number of rotatable bonds is 40. The first-order valence-electron chi connectivity index (χ1n) is 22.8. The van der Waals surface area contributed by atoms with Crippen LogP contribution in [0, 0.1) is 11.8 Å². The lowest BCUT2D eigenvalue weighted by Gasteiger charge is -2.18. The number of unbranched alkanes of at least 4 members (excludes halogenated alkanes) is 24. The van der Waals surface area contributed by atoms with Gasteiger partial charge in [0.1, 0.15) is 13.2 Å². The van der Waals surface area contributed by atoms with Crippen molar-refractivity contribution in [2.75, 3.05) is 13.2 Å². The topological polar surface area (TPSA) is 78.9 Å². The first-order chi connectivity index (χ1) is 25.3. The van der Waals surface area contributed by atoms with E-state index in [9.17, 15) is 14.4 Å². The highest BCUT2D eigenvalue weighted by molar-refractivity contribution is 5.71. The molecule has 0 aliphatic rings. The third-order valence-corrected chi connectivity index (χ3v) is 10.6. The van der Waals surface area contributed by atoms with Gasteiger partial charge in [0, 0.05) is 19.3 Å². The highest BCUT2D eigenvalue weighted by Crippen LogP contribution is 2.17. The van der Waals surface area contributed by atoms with Gasteiger partial charge in [0.25, 0.3) is 0 Å². The molecule has 0 radical (unpaired) electrons. The molecular weight excluding hydrogens is 649 g/mol. The van der Waals surface area contributed by atoms with Gasteiger partial charge in [-0.05, 0) is 31.1 Å². The first kappa shape index (κ1) is 50.4. The molecule has 0 amide bonds. The van der Waals surface area contributed by atoms with Gasteiger partial charge in [0.2, 0.25) is 0 Å². The minimum Gasteiger partial charge on any atom is -0.462 e. The minimum atomic E-state index is -0.759. The molecule has 0 saturated heterocycles. The lowest BCUT2D eigenvalue weighted by molar-refractivity contribution is -0.167. The molecule has 0 bridgehead atoms. The summed E-state index contributed by atoms with van der Waals surface area (Å²) in [5.41, 5.74) is 0. The molecule has 0 aliphatic carbocycles. The van der Waals surface area contributed by atoms with Gasteiger partial charge in [-0.2, -0.15) is 0 Å². The van der Waals surface area contributed by atoms with E-state index in [2.05, 4.69) is 34.6 Å². The van der Waals surface area contributed by atoms with E-state index in [-0.39, 0.29) is 31.1 Å². The van der Waals surface area contributed by atoms with Crippen LogP contribution in [0.1, 0.15) is 247 Å². The molecule has 0 spiro atoms. The average Bonchev–Trinajstić information content (AvgIpc) is 3.12. The van der Waals surface area contributed by atoms with Gasteiger partial charge in [-0.3, -0.25) is 14.4 Å². The van der Waals surface area contributed by atoms with Gasteiger partial charge in [0.15, 0.2) is 6.10 Å². The molecule has 52 heavy (non-hydrogen) atoms. The van der Waals surface area contributed by atoms with Crippen molar-refractivity contribution in [2.45, 2.75) is 253 Å². The Balaban J connectivity index is 4.28. The van der Waals surface area contributed by atoms with E-state index in [4.69, 9.17) is 14.2 Å². The van der Waals surface area contributed by atoms with Gasteiger partial charge < -0.3 is 14.2 Å². The van der Waals surface area contributed by atoms with Crippen molar-refractivity contribution in [3.8, 4) is 0 Å². The lowest BCUT2D eigenvalue weighted by Crippen LogP contribution is -2.30.